The summed E-state index contributed by atoms with van der Waals surface area (Å²) in [5, 5.41) is 0. The molecule has 0 atom stereocenters. The lowest BCUT2D eigenvalue weighted by Gasteiger charge is -2.56. The molecule has 0 radical (unpaired) electrons. The zero-order chi connectivity index (χ0) is 20.1. The van der Waals surface area contributed by atoms with Gasteiger partial charge in [-0.1, -0.05) is 0 Å². The van der Waals surface area contributed by atoms with Crippen molar-refractivity contribution in [3.05, 3.63) is 48.0 Å². The van der Waals surface area contributed by atoms with Crippen LogP contribution in [-0.4, -0.2) is 51.9 Å². The molecule has 2 aromatic heterocycles. The van der Waals surface area contributed by atoms with Crippen molar-refractivity contribution in [3.63, 3.8) is 0 Å². The van der Waals surface area contributed by atoms with Gasteiger partial charge in [-0.25, -0.2) is 9.97 Å². The molecule has 3 heterocycles. The number of hydrogen-bond donors (Lipinski definition) is 0. The third-order valence-electron chi connectivity index (χ3n) is 7.99. The van der Waals surface area contributed by atoms with Crippen LogP contribution in [0.3, 0.4) is 0 Å². The second kappa shape index (κ2) is 7.03. The molecule has 4 bridgehead atoms. The predicted octanol–water partition coefficient (Wildman–Crippen LogP) is 3.30. The Kier molecular flexibility index (Phi) is 4.29. The number of carbonyl (C=O) groups excluding carboxylic acids is 1. The SMILES string of the molecule is O=C(c1ccnc(C23CC4CC(CC(C4)C2)C3)c1)N1CCN(c2ncccn2)CC1. The van der Waals surface area contributed by atoms with Crippen molar-refractivity contribution in [3.8, 4) is 0 Å². The molecule has 1 amide bonds. The monoisotopic (exact) mass is 403 g/mol. The van der Waals surface area contributed by atoms with Crippen LogP contribution in [0.4, 0.5) is 5.95 Å². The van der Waals surface area contributed by atoms with E-state index in [1.807, 2.05) is 23.2 Å². The van der Waals surface area contributed by atoms with E-state index >= 15 is 0 Å². The van der Waals surface area contributed by atoms with Gasteiger partial charge in [-0.15, -0.1) is 0 Å². The van der Waals surface area contributed by atoms with Crippen LogP contribution in [-0.2, 0) is 5.41 Å². The maximum Gasteiger partial charge on any atom is 0.254 e. The first-order valence-corrected chi connectivity index (χ1v) is 11.5. The number of nitrogens with zero attached hydrogens (tertiary/aromatic N) is 5. The normalized spacial score (nSPS) is 32.5. The van der Waals surface area contributed by atoms with Gasteiger partial charge < -0.3 is 9.80 Å². The molecule has 0 aromatic carbocycles. The number of rotatable bonds is 3. The highest BCUT2D eigenvalue weighted by atomic mass is 16.2. The quantitative estimate of drug-likeness (QED) is 0.787. The van der Waals surface area contributed by atoms with Crippen molar-refractivity contribution in [1.82, 2.24) is 19.9 Å². The number of carbonyl (C=O) groups is 1. The molecule has 30 heavy (non-hydrogen) atoms. The van der Waals surface area contributed by atoms with Crippen molar-refractivity contribution < 1.29 is 4.79 Å². The lowest BCUT2D eigenvalue weighted by atomic mass is 9.48. The Hall–Kier alpha value is -2.50. The summed E-state index contributed by atoms with van der Waals surface area (Å²) in [5.41, 5.74) is 2.22. The van der Waals surface area contributed by atoms with Gasteiger partial charge in [-0.2, -0.15) is 0 Å². The third-order valence-corrected chi connectivity index (χ3v) is 7.99. The first kappa shape index (κ1) is 18.3. The van der Waals surface area contributed by atoms with Crippen LogP contribution in [0.5, 0.6) is 0 Å². The van der Waals surface area contributed by atoms with Gasteiger partial charge in [0.2, 0.25) is 5.95 Å². The Morgan fingerprint density at radius 3 is 2.13 bits per heavy atom. The van der Waals surface area contributed by atoms with Gasteiger partial charge in [0.1, 0.15) is 0 Å². The highest BCUT2D eigenvalue weighted by molar-refractivity contribution is 5.94. The number of hydrogen-bond acceptors (Lipinski definition) is 5. The molecule has 6 nitrogen and oxygen atoms in total. The van der Waals surface area contributed by atoms with Crippen LogP contribution in [0, 0.1) is 17.8 Å². The number of aromatic nitrogens is 3. The standard InChI is InChI=1S/C24H29N5O/c30-22(28-6-8-29(9-7-28)23-26-3-1-4-27-23)20-2-5-25-21(13-20)24-14-17-10-18(15-24)12-19(11-17)16-24/h1-5,13,17-19H,6-12,14-16H2. The van der Waals surface area contributed by atoms with Gasteiger partial charge in [-0.05, 0) is 74.5 Å². The molecule has 5 fully saturated rings. The van der Waals surface area contributed by atoms with Crippen LogP contribution >= 0.6 is 0 Å². The predicted molar refractivity (Wildman–Crippen MR) is 114 cm³/mol. The average molecular weight is 404 g/mol. The molecule has 156 valence electrons. The van der Waals surface area contributed by atoms with Gasteiger partial charge in [-0.3, -0.25) is 9.78 Å². The minimum atomic E-state index is 0.136. The number of piperazine rings is 1. The fourth-order valence-electron chi connectivity index (χ4n) is 7.02. The van der Waals surface area contributed by atoms with E-state index in [9.17, 15) is 4.79 Å². The fourth-order valence-corrected chi connectivity index (χ4v) is 7.02. The van der Waals surface area contributed by atoms with E-state index in [0.717, 1.165) is 42.4 Å². The molecule has 0 N–H and O–H groups in total. The summed E-state index contributed by atoms with van der Waals surface area (Å²) in [4.78, 5) is 30.9. The Bertz CT molecular complexity index is 902. The van der Waals surface area contributed by atoms with Crippen LogP contribution < -0.4 is 4.90 Å². The number of amides is 1. The molecule has 4 aliphatic carbocycles. The Labute approximate surface area is 177 Å². The lowest BCUT2D eigenvalue weighted by Crippen LogP contribution is -2.50. The highest BCUT2D eigenvalue weighted by Crippen LogP contribution is 2.60. The van der Waals surface area contributed by atoms with Crippen molar-refractivity contribution in [1.29, 1.82) is 0 Å². The zero-order valence-electron chi connectivity index (χ0n) is 17.4. The molecular weight excluding hydrogens is 374 g/mol. The molecule has 4 saturated carbocycles. The number of anilines is 1. The largest absolute Gasteiger partial charge is 0.337 e. The first-order valence-electron chi connectivity index (χ1n) is 11.5. The van der Waals surface area contributed by atoms with E-state index in [0.29, 0.717) is 13.1 Å². The summed E-state index contributed by atoms with van der Waals surface area (Å²) in [6.45, 7) is 2.93. The van der Waals surface area contributed by atoms with Crippen LogP contribution in [0.1, 0.15) is 54.6 Å². The third kappa shape index (κ3) is 3.08. The second-order valence-corrected chi connectivity index (χ2v) is 9.96. The highest BCUT2D eigenvalue weighted by Gasteiger charge is 2.52. The van der Waals surface area contributed by atoms with E-state index in [4.69, 9.17) is 4.98 Å². The Morgan fingerprint density at radius 1 is 0.867 bits per heavy atom. The molecule has 0 spiro atoms. The Balaban J connectivity index is 1.18. The van der Waals surface area contributed by atoms with Crippen LogP contribution in [0.25, 0.3) is 0 Å². The summed E-state index contributed by atoms with van der Waals surface area (Å²) in [7, 11) is 0. The van der Waals surface area contributed by atoms with Gasteiger partial charge in [0.15, 0.2) is 0 Å². The van der Waals surface area contributed by atoms with E-state index in [1.54, 1.807) is 12.4 Å². The van der Waals surface area contributed by atoms with E-state index < -0.39 is 0 Å². The summed E-state index contributed by atoms with van der Waals surface area (Å²) in [6.07, 6.45) is 13.5. The second-order valence-electron chi connectivity index (χ2n) is 9.96. The zero-order valence-corrected chi connectivity index (χ0v) is 17.4. The van der Waals surface area contributed by atoms with Crippen LogP contribution in [0.2, 0.25) is 0 Å². The maximum absolute atomic E-state index is 13.3. The van der Waals surface area contributed by atoms with Crippen molar-refractivity contribution >= 4 is 11.9 Å². The minimum Gasteiger partial charge on any atom is -0.337 e. The lowest BCUT2D eigenvalue weighted by molar-refractivity contribution is -0.00723. The summed E-state index contributed by atoms with van der Waals surface area (Å²) in [6, 6.07) is 5.86. The molecule has 2 aromatic rings. The van der Waals surface area contributed by atoms with Crippen molar-refractivity contribution in [2.24, 2.45) is 17.8 Å². The van der Waals surface area contributed by atoms with E-state index in [1.165, 1.54) is 44.2 Å². The van der Waals surface area contributed by atoms with E-state index in [-0.39, 0.29) is 11.3 Å². The molecular formula is C24H29N5O. The number of pyridine rings is 1. The molecule has 1 aliphatic heterocycles. The maximum atomic E-state index is 13.3. The fraction of sp³-hybridized carbons (Fsp3) is 0.583. The Morgan fingerprint density at radius 2 is 1.50 bits per heavy atom. The summed E-state index contributed by atoms with van der Waals surface area (Å²) in [5.74, 6) is 3.52. The van der Waals surface area contributed by atoms with Crippen LogP contribution in [0.15, 0.2) is 36.8 Å². The van der Waals surface area contributed by atoms with Gasteiger partial charge in [0.05, 0.1) is 0 Å². The van der Waals surface area contributed by atoms with Crippen molar-refractivity contribution in [2.45, 2.75) is 43.9 Å². The molecule has 0 unspecified atom stereocenters. The van der Waals surface area contributed by atoms with Crippen molar-refractivity contribution in [2.75, 3.05) is 31.1 Å². The summed E-state index contributed by atoms with van der Waals surface area (Å²) >= 11 is 0. The molecule has 6 heteroatoms. The first-order chi connectivity index (χ1) is 14.7. The minimum absolute atomic E-state index is 0.136. The molecule has 7 rings (SSSR count). The van der Waals surface area contributed by atoms with Gasteiger partial charge in [0, 0.05) is 61.4 Å². The molecule has 1 saturated heterocycles. The molecule has 5 aliphatic rings. The average Bonchev–Trinajstić information content (AvgIpc) is 2.79. The topological polar surface area (TPSA) is 62.2 Å². The van der Waals surface area contributed by atoms with Gasteiger partial charge >= 0.3 is 0 Å². The smallest absolute Gasteiger partial charge is 0.254 e. The summed E-state index contributed by atoms with van der Waals surface area (Å²) < 4.78 is 0. The van der Waals surface area contributed by atoms with Gasteiger partial charge in [0.25, 0.3) is 5.91 Å². The van der Waals surface area contributed by atoms with E-state index in [2.05, 4.69) is 20.9 Å².